The lowest BCUT2D eigenvalue weighted by molar-refractivity contribution is 0.0610. The molecule has 0 atom stereocenters. The number of hydrogen-bond acceptors (Lipinski definition) is 4. The summed E-state index contributed by atoms with van der Waals surface area (Å²) in [7, 11) is 1.60. The van der Waals surface area contributed by atoms with Crippen molar-refractivity contribution in [2.45, 2.75) is 6.61 Å². The highest BCUT2D eigenvalue weighted by molar-refractivity contribution is 5.94. The maximum Gasteiger partial charge on any atom is 0.249 e. The minimum atomic E-state index is -0.470. The first-order chi connectivity index (χ1) is 7.25. The van der Waals surface area contributed by atoms with Crippen molar-refractivity contribution in [3.05, 3.63) is 29.6 Å². The highest BCUT2D eigenvalue weighted by Crippen LogP contribution is 2.07. The van der Waals surface area contributed by atoms with Crippen LogP contribution in [0.15, 0.2) is 18.5 Å². The Morgan fingerprint density at radius 1 is 1.53 bits per heavy atom. The first kappa shape index (κ1) is 11.6. The van der Waals surface area contributed by atoms with E-state index in [1.54, 1.807) is 19.4 Å². The average Bonchev–Trinajstić information content (AvgIpc) is 2.25. The van der Waals surface area contributed by atoms with E-state index in [9.17, 15) is 4.79 Å². The van der Waals surface area contributed by atoms with Gasteiger partial charge in [0.1, 0.15) is 0 Å². The number of primary amides is 1. The van der Waals surface area contributed by atoms with E-state index in [4.69, 9.17) is 15.2 Å². The molecule has 0 unspecified atom stereocenters. The van der Waals surface area contributed by atoms with Crippen LogP contribution in [0, 0.1) is 0 Å². The molecule has 1 rings (SSSR count). The van der Waals surface area contributed by atoms with Crippen molar-refractivity contribution in [1.82, 2.24) is 4.98 Å². The van der Waals surface area contributed by atoms with E-state index in [-0.39, 0.29) is 0 Å². The Labute approximate surface area is 88.2 Å². The van der Waals surface area contributed by atoms with Crippen LogP contribution >= 0.6 is 0 Å². The number of nitrogens with zero attached hydrogens (tertiary/aromatic N) is 1. The van der Waals surface area contributed by atoms with Gasteiger partial charge in [0.2, 0.25) is 5.91 Å². The van der Waals surface area contributed by atoms with Crippen LogP contribution in [0.3, 0.4) is 0 Å². The second-order valence-corrected chi connectivity index (χ2v) is 2.94. The van der Waals surface area contributed by atoms with Crippen molar-refractivity contribution in [2.24, 2.45) is 5.73 Å². The van der Waals surface area contributed by atoms with Gasteiger partial charge in [-0.2, -0.15) is 0 Å². The van der Waals surface area contributed by atoms with Gasteiger partial charge in [-0.25, -0.2) is 0 Å². The van der Waals surface area contributed by atoms with Gasteiger partial charge in [-0.3, -0.25) is 9.78 Å². The van der Waals surface area contributed by atoms with Crippen molar-refractivity contribution in [1.29, 1.82) is 0 Å². The third-order valence-electron chi connectivity index (χ3n) is 1.86. The molecule has 1 heterocycles. The number of carbonyl (C=O) groups excluding carboxylic acids is 1. The predicted octanol–water partition coefficient (Wildman–Crippen LogP) is 0.344. The monoisotopic (exact) mass is 210 g/mol. The Bertz CT molecular complexity index is 328. The molecule has 1 aromatic rings. The van der Waals surface area contributed by atoms with Gasteiger partial charge in [-0.1, -0.05) is 0 Å². The summed E-state index contributed by atoms with van der Waals surface area (Å²) in [5, 5.41) is 0. The summed E-state index contributed by atoms with van der Waals surface area (Å²) in [5.41, 5.74) is 6.34. The van der Waals surface area contributed by atoms with Gasteiger partial charge in [-0.15, -0.1) is 0 Å². The Morgan fingerprint density at radius 3 is 3.00 bits per heavy atom. The van der Waals surface area contributed by atoms with Crippen molar-refractivity contribution >= 4 is 5.91 Å². The first-order valence-electron chi connectivity index (χ1n) is 4.55. The molecule has 0 aliphatic carbocycles. The third kappa shape index (κ3) is 3.65. The fourth-order valence-electron chi connectivity index (χ4n) is 1.11. The number of methoxy groups -OCH3 is 1. The molecule has 0 fully saturated rings. The second kappa shape index (κ2) is 6.10. The minimum absolute atomic E-state index is 0.315. The van der Waals surface area contributed by atoms with Gasteiger partial charge in [0, 0.05) is 30.6 Å². The van der Waals surface area contributed by atoms with Crippen LogP contribution in [0.5, 0.6) is 0 Å². The topological polar surface area (TPSA) is 74.4 Å². The molecule has 0 bridgehead atoms. The number of ether oxygens (including phenoxy) is 2. The van der Waals surface area contributed by atoms with Gasteiger partial charge >= 0.3 is 0 Å². The molecule has 1 amide bonds. The largest absolute Gasteiger partial charge is 0.382 e. The molecule has 0 aliphatic rings. The van der Waals surface area contributed by atoms with Crippen LogP contribution in [0.4, 0.5) is 0 Å². The lowest BCUT2D eigenvalue weighted by Gasteiger charge is -2.06. The van der Waals surface area contributed by atoms with Gasteiger partial charge in [0.15, 0.2) is 0 Å². The molecule has 1 aromatic heterocycles. The van der Waals surface area contributed by atoms with Crippen molar-refractivity contribution < 1.29 is 14.3 Å². The molecule has 15 heavy (non-hydrogen) atoms. The maximum absolute atomic E-state index is 11.0. The number of pyridine rings is 1. The van der Waals surface area contributed by atoms with Crippen LogP contribution in [0.1, 0.15) is 15.9 Å². The highest BCUT2D eigenvalue weighted by Gasteiger charge is 2.07. The Hall–Kier alpha value is -1.46. The highest BCUT2D eigenvalue weighted by atomic mass is 16.5. The van der Waals surface area contributed by atoms with Crippen LogP contribution in [0.25, 0.3) is 0 Å². The van der Waals surface area contributed by atoms with E-state index in [1.165, 1.54) is 6.20 Å². The van der Waals surface area contributed by atoms with E-state index in [0.717, 1.165) is 0 Å². The molecule has 0 saturated carbocycles. The normalized spacial score (nSPS) is 10.2. The van der Waals surface area contributed by atoms with E-state index < -0.39 is 5.91 Å². The Morgan fingerprint density at radius 2 is 2.33 bits per heavy atom. The van der Waals surface area contributed by atoms with Gasteiger partial charge in [0.05, 0.1) is 19.8 Å². The fraction of sp³-hybridized carbons (Fsp3) is 0.400. The number of carbonyl (C=O) groups is 1. The molecule has 5 nitrogen and oxygen atoms in total. The zero-order valence-electron chi connectivity index (χ0n) is 8.60. The lowest BCUT2D eigenvalue weighted by Crippen LogP contribution is -2.15. The number of rotatable bonds is 6. The van der Waals surface area contributed by atoms with Crippen LogP contribution in [-0.2, 0) is 16.1 Å². The number of aromatic nitrogens is 1. The van der Waals surface area contributed by atoms with Crippen molar-refractivity contribution in [2.75, 3.05) is 20.3 Å². The average molecular weight is 210 g/mol. The molecular weight excluding hydrogens is 196 g/mol. The van der Waals surface area contributed by atoms with Crippen molar-refractivity contribution in [3.8, 4) is 0 Å². The summed E-state index contributed by atoms with van der Waals surface area (Å²) < 4.78 is 10.1. The summed E-state index contributed by atoms with van der Waals surface area (Å²) in [6.07, 6.45) is 3.10. The molecule has 0 saturated heterocycles. The summed E-state index contributed by atoms with van der Waals surface area (Å²) >= 11 is 0. The summed E-state index contributed by atoms with van der Waals surface area (Å²) in [4.78, 5) is 14.9. The number of nitrogens with two attached hydrogens (primary N) is 1. The molecule has 0 aromatic carbocycles. The summed E-state index contributed by atoms with van der Waals surface area (Å²) in [6, 6.07) is 1.58. The molecule has 0 radical (unpaired) electrons. The van der Waals surface area contributed by atoms with E-state index in [0.29, 0.717) is 30.9 Å². The zero-order chi connectivity index (χ0) is 11.1. The number of amides is 1. The Kier molecular flexibility index (Phi) is 4.73. The van der Waals surface area contributed by atoms with Gasteiger partial charge < -0.3 is 15.2 Å². The SMILES string of the molecule is COCCOCc1cnccc1C(N)=O. The summed E-state index contributed by atoms with van der Waals surface area (Å²) in [5.74, 6) is -0.470. The fourth-order valence-corrected chi connectivity index (χ4v) is 1.11. The second-order valence-electron chi connectivity index (χ2n) is 2.94. The quantitative estimate of drug-likeness (QED) is 0.687. The van der Waals surface area contributed by atoms with Gasteiger partial charge in [-0.05, 0) is 6.07 Å². The smallest absolute Gasteiger partial charge is 0.249 e. The predicted molar refractivity (Wildman–Crippen MR) is 54.3 cm³/mol. The Balaban J connectivity index is 2.56. The molecule has 2 N–H and O–H groups in total. The lowest BCUT2D eigenvalue weighted by atomic mass is 10.1. The molecule has 0 spiro atoms. The molecule has 82 valence electrons. The molecule has 5 heteroatoms. The minimum Gasteiger partial charge on any atom is -0.382 e. The molecule has 0 aliphatic heterocycles. The third-order valence-corrected chi connectivity index (χ3v) is 1.86. The first-order valence-corrected chi connectivity index (χ1v) is 4.55. The molecular formula is C10H14N2O3. The van der Waals surface area contributed by atoms with E-state index in [2.05, 4.69) is 4.98 Å². The van der Waals surface area contributed by atoms with Crippen LogP contribution < -0.4 is 5.73 Å². The van der Waals surface area contributed by atoms with Crippen LogP contribution in [-0.4, -0.2) is 31.2 Å². The standard InChI is InChI=1S/C10H14N2O3/c1-14-4-5-15-7-8-6-12-3-2-9(8)10(11)13/h2-3,6H,4-5,7H2,1H3,(H2,11,13). The van der Waals surface area contributed by atoms with Crippen molar-refractivity contribution in [3.63, 3.8) is 0 Å². The zero-order valence-corrected chi connectivity index (χ0v) is 8.60. The number of hydrogen-bond donors (Lipinski definition) is 1. The summed E-state index contributed by atoms with van der Waals surface area (Å²) in [6.45, 7) is 1.31. The van der Waals surface area contributed by atoms with E-state index in [1.807, 2.05) is 0 Å². The van der Waals surface area contributed by atoms with Crippen LogP contribution in [0.2, 0.25) is 0 Å². The van der Waals surface area contributed by atoms with E-state index >= 15 is 0 Å². The maximum atomic E-state index is 11.0. The van der Waals surface area contributed by atoms with Gasteiger partial charge in [0.25, 0.3) is 0 Å².